The molecule has 1 rings (SSSR count). The summed E-state index contributed by atoms with van der Waals surface area (Å²) in [6, 6.07) is 0. The normalized spacial score (nSPS) is 21.8. The molecule has 0 aliphatic carbocycles. The maximum Gasteiger partial charge on any atom is 0.377 e. The molecule has 1 fully saturated rings. The summed E-state index contributed by atoms with van der Waals surface area (Å²) in [5.41, 5.74) is 0. The van der Waals surface area contributed by atoms with Gasteiger partial charge in [0.25, 0.3) is 0 Å². The van der Waals surface area contributed by atoms with Gasteiger partial charge in [-0.2, -0.15) is 13.9 Å². The van der Waals surface area contributed by atoms with Crippen molar-refractivity contribution in [2.24, 2.45) is 0 Å². The van der Waals surface area contributed by atoms with Crippen LogP contribution in [0.25, 0.3) is 0 Å². The average molecular weight is 411 g/mol. The van der Waals surface area contributed by atoms with Crippen molar-refractivity contribution in [3.05, 3.63) is 0 Å². The molecular formula is C19H41NO6P+. The summed E-state index contributed by atoms with van der Waals surface area (Å²) >= 11 is 0. The van der Waals surface area contributed by atoms with Crippen molar-refractivity contribution in [1.29, 1.82) is 0 Å². The van der Waals surface area contributed by atoms with Crippen molar-refractivity contribution in [3.63, 3.8) is 0 Å². The lowest BCUT2D eigenvalue weighted by Crippen LogP contribution is -2.21. The maximum atomic E-state index is 11.6. The molecule has 1 heterocycles. The van der Waals surface area contributed by atoms with Gasteiger partial charge in [-0.1, -0.05) is 84.0 Å². The highest BCUT2D eigenvalue weighted by Gasteiger charge is 2.41. The van der Waals surface area contributed by atoms with Crippen molar-refractivity contribution < 1.29 is 28.4 Å². The number of carbonyl (C=O) groups excluding carboxylic acids is 1. The highest BCUT2D eigenvalue weighted by atomic mass is 31.2. The quantitative estimate of drug-likeness (QED) is 0.213. The van der Waals surface area contributed by atoms with Crippen LogP contribution < -0.4 is 11.0 Å². The molecule has 0 amide bonds. The largest absolute Gasteiger partial charge is 0.606 e. The molecule has 0 bridgehead atoms. The number of ether oxygens (including phenoxy) is 1. The Morgan fingerprint density at radius 1 is 1.00 bits per heavy atom. The Morgan fingerprint density at radius 3 is 1.93 bits per heavy atom. The van der Waals surface area contributed by atoms with Crippen molar-refractivity contribution in [1.82, 2.24) is 6.15 Å². The van der Waals surface area contributed by atoms with Crippen molar-refractivity contribution >= 4 is 14.1 Å². The van der Waals surface area contributed by atoms with Crippen LogP contribution in [0.15, 0.2) is 0 Å². The van der Waals surface area contributed by atoms with Gasteiger partial charge in [-0.15, -0.1) is 0 Å². The van der Waals surface area contributed by atoms with Crippen molar-refractivity contribution in [2.45, 2.75) is 103 Å². The number of quaternary nitrogens is 1. The third-order valence-electron chi connectivity index (χ3n) is 4.62. The van der Waals surface area contributed by atoms with E-state index in [-0.39, 0.29) is 25.3 Å². The summed E-state index contributed by atoms with van der Waals surface area (Å²) in [5.74, 6) is -0.281. The Morgan fingerprint density at radius 2 is 1.48 bits per heavy atom. The summed E-state index contributed by atoms with van der Waals surface area (Å²) < 4.78 is 14.3. The van der Waals surface area contributed by atoms with Crippen LogP contribution in [0.4, 0.5) is 0 Å². The summed E-state index contributed by atoms with van der Waals surface area (Å²) in [6.45, 7) is 2.21. The fourth-order valence-electron chi connectivity index (χ4n) is 3.05. The molecule has 0 saturated carbocycles. The Hall–Kier alpha value is -0.300. The monoisotopic (exact) mass is 410 g/mol. The second kappa shape index (κ2) is 16.6. The first-order valence-corrected chi connectivity index (χ1v) is 11.8. The number of hydrogen-bond donors (Lipinski definition) is 2. The first kappa shape index (κ1) is 26.7. The Kier molecular flexibility index (Phi) is 16.5. The molecule has 2 atom stereocenters. The molecule has 7 nitrogen and oxygen atoms in total. The lowest BCUT2D eigenvalue weighted by atomic mass is 10.0. The molecule has 1 saturated heterocycles. The summed E-state index contributed by atoms with van der Waals surface area (Å²) in [4.78, 5) is 31.7. The van der Waals surface area contributed by atoms with E-state index >= 15 is 0 Å². The predicted molar refractivity (Wildman–Crippen MR) is 107 cm³/mol. The molecule has 0 aromatic heterocycles. The first-order valence-electron chi connectivity index (χ1n) is 10.3. The SMILES string of the molecule is CCCCCCCCCCCCCCCC(=O)OC[C@@H]1CO[P+]([O-])(O)O1.[NH4+]. The van der Waals surface area contributed by atoms with Crippen LogP contribution in [0, 0.1) is 0 Å². The van der Waals surface area contributed by atoms with E-state index in [1.165, 1.54) is 64.2 Å². The molecule has 0 aromatic carbocycles. The Balaban J connectivity index is 0.00000676. The van der Waals surface area contributed by atoms with E-state index in [0.717, 1.165) is 19.3 Å². The van der Waals surface area contributed by atoms with E-state index < -0.39 is 14.3 Å². The number of unbranched alkanes of at least 4 members (excludes halogenated alkanes) is 12. The lowest BCUT2D eigenvalue weighted by Gasteiger charge is -2.12. The molecule has 5 N–H and O–H groups in total. The second-order valence-electron chi connectivity index (χ2n) is 7.17. The zero-order chi connectivity index (χ0) is 19.1. The summed E-state index contributed by atoms with van der Waals surface area (Å²) in [5, 5.41) is 0. The van der Waals surface area contributed by atoms with Gasteiger partial charge in [0.05, 0.1) is 0 Å². The number of esters is 1. The van der Waals surface area contributed by atoms with Crippen LogP contribution in [-0.2, 0) is 18.6 Å². The van der Waals surface area contributed by atoms with Gasteiger partial charge in [0.2, 0.25) is 0 Å². The highest BCUT2D eigenvalue weighted by molar-refractivity contribution is 7.53. The summed E-state index contributed by atoms with van der Waals surface area (Å²) in [6.07, 6.45) is 16.2. The first-order chi connectivity index (χ1) is 12.5. The topological polar surface area (TPSA) is 125 Å². The van der Waals surface area contributed by atoms with Crippen LogP contribution in [0.5, 0.6) is 0 Å². The zero-order valence-electron chi connectivity index (χ0n) is 17.3. The number of hydrogen-bond acceptors (Lipinski definition) is 6. The Bertz CT molecular complexity index is 370. The fraction of sp³-hybridized carbons (Fsp3) is 0.947. The smallest absolute Gasteiger partial charge is 0.377 e. The number of carbonyl (C=O) groups is 1. The minimum Gasteiger partial charge on any atom is -0.606 e. The van der Waals surface area contributed by atoms with Gasteiger partial charge in [-0.05, 0) is 6.42 Å². The van der Waals surface area contributed by atoms with E-state index in [1.807, 2.05) is 0 Å². The number of phosphoric ester groups is 1. The molecule has 27 heavy (non-hydrogen) atoms. The van der Waals surface area contributed by atoms with E-state index in [1.54, 1.807) is 0 Å². The molecule has 1 aliphatic rings. The van der Waals surface area contributed by atoms with Crippen LogP contribution in [0.1, 0.15) is 96.8 Å². The van der Waals surface area contributed by atoms with Gasteiger partial charge in [-0.25, -0.2) is 0 Å². The average Bonchev–Trinajstić information content (AvgIpc) is 2.96. The predicted octanol–water partition coefficient (Wildman–Crippen LogP) is 4.83. The van der Waals surface area contributed by atoms with Crippen LogP contribution in [0.2, 0.25) is 0 Å². The summed E-state index contributed by atoms with van der Waals surface area (Å²) in [7, 11) is -3.90. The molecule has 1 unspecified atom stereocenters. The number of phosphoric acid groups is 1. The van der Waals surface area contributed by atoms with Crippen LogP contribution in [-0.4, -0.2) is 30.2 Å². The maximum absolute atomic E-state index is 11.6. The molecule has 162 valence electrons. The molecule has 0 spiro atoms. The second-order valence-corrected chi connectivity index (χ2v) is 8.57. The Labute approximate surface area is 165 Å². The van der Waals surface area contributed by atoms with Gasteiger partial charge in [0, 0.05) is 6.42 Å². The minimum atomic E-state index is -3.90. The van der Waals surface area contributed by atoms with Crippen molar-refractivity contribution in [3.8, 4) is 0 Å². The lowest BCUT2D eigenvalue weighted by molar-refractivity contribution is -0.232. The van der Waals surface area contributed by atoms with E-state index in [9.17, 15) is 9.69 Å². The fourth-order valence-corrected chi connectivity index (χ4v) is 3.96. The van der Waals surface area contributed by atoms with Gasteiger partial charge < -0.3 is 15.8 Å². The molecule has 8 heteroatoms. The van der Waals surface area contributed by atoms with Gasteiger partial charge in [0.15, 0.2) is 6.10 Å². The third-order valence-corrected chi connectivity index (χ3v) is 5.66. The van der Waals surface area contributed by atoms with E-state index in [0.29, 0.717) is 6.42 Å². The minimum absolute atomic E-state index is 0. The molecule has 0 radical (unpaired) electrons. The third kappa shape index (κ3) is 15.3. The van der Waals surface area contributed by atoms with E-state index in [2.05, 4.69) is 11.4 Å². The molecule has 1 aliphatic heterocycles. The molecule has 0 aromatic rings. The zero-order valence-corrected chi connectivity index (χ0v) is 18.2. The highest BCUT2D eigenvalue weighted by Crippen LogP contribution is 2.53. The standard InChI is InChI=1S/C19H37O6P.H3N/c1-2-3-4-5-6-7-8-9-10-11-12-13-14-15-19(20)23-16-18-17-24-26(21,22)25-18;/h18H,2-17H2,1H3,(H,21,22);1H3/p+1/t18-;/m1./s1. The van der Waals surface area contributed by atoms with Gasteiger partial charge in [-0.3, -0.25) is 4.79 Å². The van der Waals surface area contributed by atoms with Crippen LogP contribution >= 0.6 is 8.17 Å². The van der Waals surface area contributed by atoms with Crippen LogP contribution in [0.3, 0.4) is 0 Å². The number of rotatable bonds is 16. The van der Waals surface area contributed by atoms with Crippen molar-refractivity contribution in [2.75, 3.05) is 13.2 Å². The van der Waals surface area contributed by atoms with Gasteiger partial charge >= 0.3 is 14.1 Å². The van der Waals surface area contributed by atoms with Gasteiger partial charge in [0.1, 0.15) is 13.2 Å². The molecular weight excluding hydrogens is 369 g/mol. The van der Waals surface area contributed by atoms with E-state index in [4.69, 9.17) is 14.2 Å².